The van der Waals surface area contributed by atoms with E-state index in [0.29, 0.717) is 16.4 Å². The van der Waals surface area contributed by atoms with Crippen LogP contribution in [0.5, 0.6) is 0 Å². The molecule has 0 saturated carbocycles. The standard InChI is InChI=1S/C15H12F3N5OS/c1-10-8-25-14(20-10)22(9-15(16,17)18)13(24)11-4-2-5-12(21-11)23-7-3-6-19-23/h2-8H,9H2,1H3. The zero-order valence-corrected chi connectivity index (χ0v) is 13.8. The van der Waals surface area contributed by atoms with Crippen molar-refractivity contribution in [2.75, 3.05) is 11.4 Å². The molecule has 0 radical (unpaired) electrons. The molecule has 0 saturated heterocycles. The Labute approximate surface area is 144 Å². The van der Waals surface area contributed by atoms with Crippen molar-refractivity contribution in [2.45, 2.75) is 13.1 Å². The van der Waals surface area contributed by atoms with Crippen molar-refractivity contribution >= 4 is 22.4 Å². The largest absolute Gasteiger partial charge is 0.406 e. The van der Waals surface area contributed by atoms with Crippen molar-refractivity contribution in [1.29, 1.82) is 0 Å². The van der Waals surface area contributed by atoms with Gasteiger partial charge in [0.2, 0.25) is 0 Å². The summed E-state index contributed by atoms with van der Waals surface area (Å²) in [7, 11) is 0. The number of halogens is 3. The van der Waals surface area contributed by atoms with E-state index >= 15 is 0 Å². The fourth-order valence-electron chi connectivity index (χ4n) is 2.08. The van der Waals surface area contributed by atoms with Gasteiger partial charge in [0, 0.05) is 17.8 Å². The molecule has 0 aliphatic rings. The lowest BCUT2D eigenvalue weighted by Crippen LogP contribution is -2.39. The molecule has 25 heavy (non-hydrogen) atoms. The van der Waals surface area contributed by atoms with Gasteiger partial charge in [-0.2, -0.15) is 18.3 Å². The number of nitrogens with zero attached hydrogens (tertiary/aromatic N) is 5. The Morgan fingerprint density at radius 3 is 2.68 bits per heavy atom. The zero-order chi connectivity index (χ0) is 18.0. The number of alkyl halides is 3. The Kier molecular flexibility index (Phi) is 4.53. The second-order valence-electron chi connectivity index (χ2n) is 5.11. The van der Waals surface area contributed by atoms with Gasteiger partial charge in [-0.05, 0) is 25.1 Å². The molecular formula is C15H12F3N5OS. The molecule has 0 spiro atoms. The molecule has 3 aromatic heterocycles. The highest BCUT2D eigenvalue weighted by molar-refractivity contribution is 7.14. The molecule has 0 fully saturated rings. The number of rotatable bonds is 4. The molecule has 0 bridgehead atoms. The molecular weight excluding hydrogens is 355 g/mol. The van der Waals surface area contributed by atoms with Crippen LogP contribution >= 0.6 is 11.3 Å². The SMILES string of the molecule is Cc1csc(N(CC(F)(F)F)C(=O)c2cccc(-n3cccn3)n2)n1. The highest BCUT2D eigenvalue weighted by atomic mass is 32.1. The molecule has 3 aromatic rings. The van der Waals surface area contributed by atoms with E-state index in [9.17, 15) is 18.0 Å². The van der Waals surface area contributed by atoms with Crippen molar-refractivity contribution in [3.63, 3.8) is 0 Å². The van der Waals surface area contributed by atoms with Crippen LogP contribution in [0.3, 0.4) is 0 Å². The lowest BCUT2D eigenvalue weighted by molar-refractivity contribution is -0.118. The first kappa shape index (κ1) is 17.1. The van der Waals surface area contributed by atoms with Crippen LogP contribution in [-0.4, -0.2) is 38.4 Å². The normalized spacial score (nSPS) is 11.5. The number of aromatic nitrogens is 4. The van der Waals surface area contributed by atoms with Gasteiger partial charge < -0.3 is 0 Å². The van der Waals surface area contributed by atoms with Crippen LogP contribution < -0.4 is 4.90 Å². The first-order valence-electron chi connectivity index (χ1n) is 7.11. The number of amides is 1. The van der Waals surface area contributed by atoms with Crippen molar-refractivity contribution in [2.24, 2.45) is 0 Å². The molecule has 10 heteroatoms. The Hall–Kier alpha value is -2.75. The monoisotopic (exact) mass is 367 g/mol. The number of hydrogen-bond acceptors (Lipinski definition) is 5. The highest BCUT2D eigenvalue weighted by Crippen LogP contribution is 2.26. The van der Waals surface area contributed by atoms with Gasteiger partial charge in [0.05, 0.1) is 5.69 Å². The van der Waals surface area contributed by atoms with Gasteiger partial charge in [-0.25, -0.2) is 14.6 Å². The third-order valence-electron chi connectivity index (χ3n) is 3.11. The molecule has 0 atom stereocenters. The fourth-order valence-corrected chi connectivity index (χ4v) is 2.88. The molecule has 3 heterocycles. The summed E-state index contributed by atoms with van der Waals surface area (Å²) in [5, 5.41) is 5.55. The van der Waals surface area contributed by atoms with E-state index in [4.69, 9.17) is 0 Å². The summed E-state index contributed by atoms with van der Waals surface area (Å²) in [6.07, 6.45) is -1.41. The van der Waals surface area contributed by atoms with Gasteiger partial charge in [0.1, 0.15) is 12.2 Å². The number of carbonyl (C=O) groups excluding carboxylic acids is 1. The van der Waals surface area contributed by atoms with E-state index in [2.05, 4.69) is 15.1 Å². The second-order valence-corrected chi connectivity index (χ2v) is 5.95. The van der Waals surface area contributed by atoms with Gasteiger partial charge in [-0.15, -0.1) is 11.3 Å². The number of hydrogen-bond donors (Lipinski definition) is 0. The van der Waals surface area contributed by atoms with E-state index in [-0.39, 0.29) is 10.8 Å². The van der Waals surface area contributed by atoms with Crippen LogP contribution in [0.2, 0.25) is 0 Å². The quantitative estimate of drug-likeness (QED) is 0.710. The first-order chi connectivity index (χ1) is 11.8. The number of aryl methyl sites for hydroxylation is 1. The lowest BCUT2D eigenvalue weighted by Gasteiger charge is -2.21. The summed E-state index contributed by atoms with van der Waals surface area (Å²) in [6.45, 7) is 0.208. The van der Waals surface area contributed by atoms with E-state index in [1.807, 2.05) is 0 Å². The summed E-state index contributed by atoms with van der Waals surface area (Å²) in [5.41, 5.74) is 0.420. The van der Waals surface area contributed by atoms with Gasteiger partial charge in [-0.1, -0.05) is 6.07 Å². The van der Waals surface area contributed by atoms with Crippen molar-refractivity contribution in [3.05, 3.63) is 53.4 Å². The van der Waals surface area contributed by atoms with E-state index < -0.39 is 18.6 Å². The minimum absolute atomic E-state index is 0.0221. The van der Waals surface area contributed by atoms with Crippen molar-refractivity contribution in [3.8, 4) is 5.82 Å². The Morgan fingerprint density at radius 2 is 2.08 bits per heavy atom. The van der Waals surface area contributed by atoms with Crippen LogP contribution in [0.1, 0.15) is 16.2 Å². The van der Waals surface area contributed by atoms with Gasteiger partial charge in [-0.3, -0.25) is 9.69 Å². The summed E-state index contributed by atoms with van der Waals surface area (Å²) in [4.78, 5) is 21.4. The number of carbonyl (C=O) groups is 1. The van der Waals surface area contributed by atoms with Crippen LogP contribution in [0, 0.1) is 6.92 Å². The number of thiazole rings is 1. The summed E-state index contributed by atoms with van der Waals surface area (Å²) in [5.74, 6) is -0.543. The highest BCUT2D eigenvalue weighted by Gasteiger charge is 2.36. The summed E-state index contributed by atoms with van der Waals surface area (Å²) < 4.78 is 40.2. The number of pyridine rings is 1. The molecule has 130 valence electrons. The molecule has 0 aromatic carbocycles. The average Bonchev–Trinajstić information content (AvgIpc) is 3.23. The maximum atomic E-state index is 12.9. The fraction of sp³-hybridized carbons (Fsp3) is 0.200. The second kappa shape index (κ2) is 6.63. The summed E-state index contributed by atoms with van der Waals surface area (Å²) in [6, 6.07) is 6.17. The van der Waals surface area contributed by atoms with E-state index in [1.165, 1.54) is 23.0 Å². The lowest BCUT2D eigenvalue weighted by atomic mass is 10.3. The van der Waals surface area contributed by atoms with Gasteiger partial charge in [0.15, 0.2) is 10.9 Å². The molecule has 1 amide bonds. The minimum atomic E-state index is -4.56. The Morgan fingerprint density at radius 1 is 1.28 bits per heavy atom. The maximum absolute atomic E-state index is 12.9. The van der Waals surface area contributed by atoms with Crippen molar-refractivity contribution in [1.82, 2.24) is 19.7 Å². The van der Waals surface area contributed by atoms with Gasteiger partial charge in [0.25, 0.3) is 5.91 Å². The van der Waals surface area contributed by atoms with E-state index in [0.717, 1.165) is 11.3 Å². The van der Waals surface area contributed by atoms with E-state index in [1.54, 1.807) is 30.6 Å². The predicted molar refractivity (Wildman–Crippen MR) is 85.9 cm³/mol. The van der Waals surface area contributed by atoms with Gasteiger partial charge >= 0.3 is 6.18 Å². The molecule has 6 nitrogen and oxygen atoms in total. The summed E-state index contributed by atoms with van der Waals surface area (Å²) >= 11 is 0.972. The topological polar surface area (TPSA) is 63.9 Å². The number of anilines is 1. The molecule has 0 N–H and O–H groups in total. The smallest absolute Gasteiger partial charge is 0.273 e. The van der Waals surface area contributed by atoms with Crippen LogP contribution in [-0.2, 0) is 0 Å². The zero-order valence-electron chi connectivity index (χ0n) is 12.9. The van der Waals surface area contributed by atoms with Crippen LogP contribution in [0.4, 0.5) is 18.3 Å². The maximum Gasteiger partial charge on any atom is 0.406 e. The Balaban J connectivity index is 1.96. The molecule has 0 aliphatic heterocycles. The third kappa shape index (κ3) is 4.02. The van der Waals surface area contributed by atoms with Crippen LogP contribution in [0.15, 0.2) is 42.0 Å². The molecule has 0 aliphatic carbocycles. The predicted octanol–water partition coefficient (Wildman–Crippen LogP) is 3.24. The average molecular weight is 367 g/mol. The minimum Gasteiger partial charge on any atom is -0.273 e. The molecule has 0 unspecified atom stereocenters. The van der Waals surface area contributed by atoms with Crippen molar-refractivity contribution < 1.29 is 18.0 Å². The Bertz CT molecular complexity index is 875. The van der Waals surface area contributed by atoms with Crippen LogP contribution in [0.25, 0.3) is 5.82 Å². The third-order valence-corrected chi connectivity index (χ3v) is 4.09. The molecule has 3 rings (SSSR count). The first-order valence-corrected chi connectivity index (χ1v) is 7.99.